The quantitative estimate of drug-likeness (QED) is 0.850. The first-order valence-electron chi connectivity index (χ1n) is 7.17. The van der Waals surface area contributed by atoms with Crippen molar-refractivity contribution in [2.75, 3.05) is 0 Å². The van der Waals surface area contributed by atoms with E-state index in [1.807, 2.05) is 11.3 Å². The molecule has 1 aromatic rings. The average molecular weight is 265 g/mol. The fraction of sp³-hybridized carbons (Fsp3) is 0.750. The van der Waals surface area contributed by atoms with E-state index in [4.69, 9.17) is 0 Å². The molecule has 1 aliphatic rings. The number of aryl methyl sites for hydroxylation is 1. The van der Waals surface area contributed by atoms with Gasteiger partial charge in [0.05, 0.1) is 0 Å². The smallest absolute Gasteiger partial charge is 0.0101 e. The predicted molar refractivity (Wildman–Crippen MR) is 81.3 cm³/mol. The zero-order chi connectivity index (χ0) is 13.3. The minimum absolute atomic E-state index is 0.524. The van der Waals surface area contributed by atoms with Crippen LogP contribution in [0.15, 0.2) is 12.1 Å². The lowest BCUT2D eigenvalue weighted by Gasteiger charge is -2.23. The van der Waals surface area contributed by atoms with Gasteiger partial charge in [0.1, 0.15) is 0 Å². The number of hydrogen-bond donors (Lipinski definition) is 1. The zero-order valence-corrected chi connectivity index (χ0v) is 13.2. The van der Waals surface area contributed by atoms with Gasteiger partial charge in [-0.2, -0.15) is 0 Å². The minimum Gasteiger partial charge on any atom is -0.311 e. The van der Waals surface area contributed by atoms with Crippen molar-refractivity contribution in [2.45, 2.75) is 66.0 Å². The number of thiophene rings is 1. The summed E-state index contributed by atoms with van der Waals surface area (Å²) >= 11 is 1.93. The molecular weight excluding hydrogens is 238 g/mol. The van der Waals surface area contributed by atoms with Crippen LogP contribution < -0.4 is 5.32 Å². The molecule has 3 atom stereocenters. The van der Waals surface area contributed by atoms with E-state index in [1.54, 1.807) is 0 Å². The molecular formula is C16H27NS. The molecule has 0 aliphatic heterocycles. The fourth-order valence-electron chi connectivity index (χ4n) is 3.44. The van der Waals surface area contributed by atoms with Gasteiger partial charge in [0, 0.05) is 21.8 Å². The third-order valence-corrected chi connectivity index (χ3v) is 5.16. The van der Waals surface area contributed by atoms with E-state index in [0.717, 1.165) is 5.92 Å². The Morgan fingerprint density at radius 3 is 2.61 bits per heavy atom. The Hall–Kier alpha value is -0.340. The maximum absolute atomic E-state index is 3.85. The van der Waals surface area contributed by atoms with E-state index in [-0.39, 0.29) is 0 Å². The van der Waals surface area contributed by atoms with Gasteiger partial charge in [0.15, 0.2) is 0 Å². The number of hydrogen-bond acceptors (Lipinski definition) is 2. The van der Waals surface area contributed by atoms with E-state index in [2.05, 4.69) is 52.1 Å². The van der Waals surface area contributed by atoms with Crippen LogP contribution in [0.4, 0.5) is 0 Å². The van der Waals surface area contributed by atoms with E-state index < -0.39 is 0 Å². The first kappa shape index (κ1) is 14.1. The second-order valence-electron chi connectivity index (χ2n) is 6.94. The van der Waals surface area contributed by atoms with E-state index in [1.165, 1.54) is 29.0 Å². The van der Waals surface area contributed by atoms with Crippen molar-refractivity contribution in [3.8, 4) is 0 Å². The number of nitrogens with one attached hydrogen (secondary N) is 1. The van der Waals surface area contributed by atoms with Crippen LogP contribution in [0.5, 0.6) is 0 Å². The molecule has 1 aromatic heterocycles. The molecule has 1 fully saturated rings. The Bertz CT molecular complexity index is 394. The highest BCUT2D eigenvalue weighted by molar-refractivity contribution is 7.11. The van der Waals surface area contributed by atoms with Crippen LogP contribution in [-0.4, -0.2) is 12.1 Å². The van der Waals surface area contributed by atoms with Crippen LogP contribution in [0.2, 0.25) is 0 Å². The van der Waals surface area contributed by atoms with Crippen LogP contribution in [-0.2, 0) is 6.42 Å². The van der Waals surface area contributed by atoms with Crippen molar-refractivity contribution in [2.24, 2.45) is 11.3 Å². The topological polar surface area (TPSA) is 12.0 Å². The molecule has 2 rings (SSSR count). The first-order chi connectivity index (χ1) is 8.35. The Kier molecular flexibility index (Phi) is 4.18. The molecule has 102 valence electrons. The third-order valence-electron chi connectivity index (χ3n) is 4.14. The largest absolute Gasteiger partial charge is 0.311 e. The molecule has 0 amide bonds. The Balaban J connectivity index is 1.86. The lowest BCUT2D eigenvalue weighted by Crippen LogP contribution is -2.39. The van der Waals surface area contributed by atoms with Crippen molar-refractivity contribution >= 4 is 11.3 Å². The highest BCUT2D eigenvalue weighted by Gasteiger charge is 2.36. The predicted octanol–water partition coefficient (Wildman–Crippen LogP) is 4.40. The molecule has 1 aliphatic carbocycles. The second-order valence-corrected chi connectivity index (χ2v) is 8.31. The fourth-order valence-corrected chi connectivity index (χ4v) is 4.46. The van der Waals surface area contributed by atoms with Gasteiger partial charge >= 0.3 is 0 Å². The van der Waals surface area contributed by atoms with Gasteiger partial charge < -0.3 is 5.32 Å². The summed E-state index contributed by atoms with van der Waals surface area (Å²) in [6.45, 7) is 11.7. The van der Waals surface area contributed by atoms with E-state index in [0.29, 0.717) is 17.5 Å². The molecule has 1 nitrogen and oxygen atoms in total. The Morgan fingerprint density at radius 2 is 2.11 bits per heavy atom. The van der Waals surface area contributed by atoms with Gasteiger partial charge in [-0.3, -0.25) is 0 Å². The van der Waals surface area contributed by atoms with E-state index >= 15 is 0 Å². The maximum Gasteiger partial charge on any atom is 0.0101 e. The van der Waals surface area contributed by atoms with Gasteiger partial charge in [0.25, 0.3) is 0 Å². The molecule has 0 spiro atoms. The maximum atomic E-state index is 3.85. The summed E-state index contributed by atoms with van der Waals surface area (Å²) in [5, 5.41) is 3.85. The Labute approximate surface area is 116 Å². The summed E-state index contributed by atoms with van der Waals surface area (Å²) < 4.78 is 0. The van der Waals surface area contributed by atoms with Crippen molar-refractivity contribution in [1.29, 1.82) is 0 Å². The van der Waals surface area contributed by atoms with Crippen LogP contribution in [0.25, 0.3) is 0 Å². The van der Waals surface area contributed by atoms with Crippen molar-refractivity contribution in [1.82, 2.24) is 5.32 Å². The van der Waals surface area contributed by atoms with Crippen LogP contribution >= 0.6 is 11.3 Å². The van der Waals surface area contributed by atoms with Crippen LogP contribution in [0.3, 0.4) is 0 Å². The zero-order valence-electron chi connectivity index (χ0n) is 12.4. The summed E-state index contributed by atoms with van der Waals surface area (Å²) in [4.78, 5) is 2.94. The highest BCUT2D eigenvalue weighted by Crippen LogP contribution is 2.41. The second kappa shape index (κ2) is 5.34. The lowest BCUT2D eigenvalue weighted by molar-refractivity contribution is 0.355. The van der Waals surface area contributed by atoms with Crippen LogP contribution in [0.1, 0.15) is 50.3 Å². The summed E-state index contributed by atoms with van der Waals surface area (Å²) in [5.41, 5.74) is 0.524. The van der Waals surface area contributed by atoms with Gasteiger partial charge in [0.2, 0.25) is 0 Å². The van der Waals surface area contributed by atoms with Crippen molar-refractivity contribution in [3.05, 3.63) is 21.9 Å². The summed E-state index contributed by atoms with van der Waals surface area (Å²) in [7, 11) is 0. The van der Waals surface area contributed by atoms with Gasteiger partial charge in [-0.1, -0.05) is 20.8 Å². The molecule has 1 heterocycles. The SMILES string of the molecule is Cc1ccc(CC(C)NC2CC(C)(C)CC2C)s1. The summed E-state index contributed by atoms with van der Waals surface area (Å²) in [6, 6.07) is 5.80. The molecule has 0 aromatic carbocycles. The van der Waals surface area contributed by atoms with Gasteiger partial charge in [-0.15, -0.1) is 11.3 Å². The minimum atomic E-state index is 0.524. The molecule has 2 heteroatoms. The molecule has 1 N–H and O–H groups in total. The molecule has 0 saturated heterocycles. The third kappa shape index (κ3) is 3.58. The molecule has 1 saturated carbocycles. The summed E-state index contributed by atoms with van der Waals surface area (Å²) in [6.07, 6.45) is 3.85. The highest BCUT2D eigenvalue weighted by atomic mass is 32.1. The van der Waals surface area contributed by atoms with Gasteiger partial charge in [-0.05, 0) is 56.6 Å². The average Bonchev–Trinajstić information content (AvgIpc) is 2.71. The summed E-state index contributed by atoms with van der Waals surface area (Å²) in [5.74, 6) is 0.813. The molecule has 0 radical (unpaired) electrons. The molecule has 3 unspecified atom stereocenters. The monoisotopic (exact) mass is 265 g/mol. The van der Waals surface area contributed by atoms with E-state index in [9.17, 15) is 0 Å². The molecule has 18 heavy (non-hydrogen) atoms. The first-order valence-corrected chi connectivity index (χ1v) is 7.99. The van der Waals surface area contributed by atoms with Gasteiger partial charge in [-0.25, -0.2) is 0 Å². The molecule has 0 bridgehead atoms. The Morgan fingerprint density at radius 1 is 1.39 bits per heavy atom. The van der Waals surface area contributed by atoms with Crippen molar-refractivity contribution < 1.29 is 0 Å². The normalized spacial score (nSPS) is 28.5. The lowest BCUT2D eigenvalue weighted by atomic mass is 9.91. The van der Waals surface area contributed by atoms with Crippen LogP contribution in [0, 0.1) is 18.3 Å². The standard InChI is InChI=1S/C16H27NS/c1-11-9-16(4,5)10-15(11)17-12(2)8-14-7-6-13(3)18-14/h6-7,11-12,15,17H,8-10H2,1-5H3. The number of rotatable bonds is 4. The van der Waals surface area contributed by atoms with Crippen molar-refractivity contribution in [3.63, 3.8) is 0 Å².